The van der Waals surface area contributed by atoms with Crippen molar-refractivity contribution in [1.29, 1.82) is 0 Å². The Morgan fingerprint density at radius 2 is 1.86 bits per heavy atom. The van der Waals surface area contributed by atoms with E-state index in [-0.39, 0.29) is 24.7 Å². The summed E-state index contributed by atoms with van der Waals surface area (Å²) in [4.78, 5) is 27.8. The molecular formula is C9H7BrN2O2. The highest BCUT2D eigenvalue weighted by Gasteiger charge is 2.30. The number of carbonyl (C=O) groups is 2. The van der Waals surface area contributed by atoms with Gasteiger partial charge >= 0.3 is 0 Å². The van der Waals surface area contributed by atoms with Crippen molar-refractivity contribution in [2.75, 3.05) is 4.90 Å². The Labute approximate surface area is 89.1 Å². The van der Waals surface area contributed by atoms with E-state index < -0.39 is 0 Å². The fourth-order valence-corrected chi connectivity index (χ4v) is 1.57. The zero-order chi connectivity index (χ0) is 10.1. The van der Waals surface area contributed by atoms with E-state index in [0.717, 1.165) is 9.37 Å². The summed E-state index contributed by atoms with van der Waals surface area (Å²) in [5, 5.41) is 0. The summed E-state index contributed by atoms with van der Waals surface area (Å²) >= 11 is 3.23. The minimum absolute atomic E-state index is 0.176. The average molecular weight is 255 g/mol. The molecule has 2 heterocycles. The second kappa shape index (κ2) is 3.49. The highest BCUT2D eigenvalue weighted by Crippen LogP contribution is 2.21. The first-order chi connectivity index (χ1) is 6.68. The quantitative estimate of drug-likeness (QED) is 0.714. The highest BCUT2D eigenvalue weighted by molar-refractivity contribution is 9.10. The molecule has 5 heteroatoms. The molecule has 0 bridgehead atoms. The molecule has 1 aliphatic rings. The molecule has 4 nitrogen and oxygen atoms in total. The summed E-state index contributed by atoms with van der Waals surface area (Å²) in [6.45, 7) is 0. The van der Waals surface area contributed by atoms with Crippen molar-refractivity contribution in [3.8, 4) is 0 Å². The van der Waals surface area contributed by atoms with Gasteiger partial charge in [0.25, 0.3) is 0 Å². The summed E-state index contributed by atoms with van der Waals surface area (Å²) < 4.78 is 0.820. The Kier molecular flexibility index (Phi) is 2.33. The maximum atomic E-state index is 11.3. The Balaban J connectivity index is 2.34. The number of nitrogens with zero attached hydrogens (tertiary/aromatic N) is 2. The Morgan fingerprint density at radius 3 is 2.36 bits per heavy atom. The van der Waals surface area contributed by atoms with E-state index in [9.17, 15) is 9.59 Å². The van der Waals surface area contributed by atoms with Gasteiger partial charge in [-0.25, -0.2) is 9.88 Å². The van der Waals surface area contributed by atoms with Crippen molar-refractivity contribution in [2.45, 2.75) is 12.8 Å². The van der Waals surface area contributed by atoms with Crippen LogP contribution in [0.2, 0.25) is 0 Å². The maximum absolute atomic E-state index is 11.3. The monoisotopic (exact) mass is 254 g/mol. The van der Waals surface area contributed by atoms with Gasteiger partial charge in [-0.15, -0.1) is 0 Å². The molecule has 1 aromatic heterocycles. The van der Waals surface area contributed by atoms with Gasteiger partial charge in [0.15, 0.2) is 0 Å². The fraction of sp³-hybridized carbons (Fsp3) is 0.222. The first-order valence-electron chi connectivity index (χ1n) is 4.16. The van der Waals surface area contributed by atoms with Crippen LogP contribution in [-0.4, -0.2) is 16.8 Å². The topological polar surface area (TPSA) is 50.3 Å². The number of rotatable bonds is 1. The van der Waals surface area contributed by atoms with Crippen molar-refractivity contribution < 1.29 is 9.59 Å². The summed E-state index contributed by atoms with van der Waals surface area (Å²) in [6.07, 6.45) is 2.14. The number of halogens is 1. The zero-order valence-electron chi connectivity index (χ0n) is 7.24. The van der Waals surface area contributed by atoms with Crippen molar-refractivity contribution in [1.82, 2.24) is 4.98 Å². The molecular weight excluding hydrogens is 248 g/mol. The molecule has 0 radical (unpaired) electrons. The molecule has 1 saturated heterocycles. The number of carbonyl (C=O) groups excluding carboxylic acids is 2. The van der Waals surface area contributed by atoms with Gasteiger partial charge in [-0.3, -0.25) is 9.59 Å². The van der Waals surface area contributed by atoms with Gasteiger partial charge in [0, 0.05) is 23.5 Å². The maximum Gasteiger partial charge on any atom is 0.235 e. The Morgan fingerprint density at radius 1 is 1.21 bits per heavy atom. The van der Waals surface area contributed by atoms with Crippen molar-refractivity contribution in [3.05, 3.63) is 22.8 Å². The lowest BCUT2D eigenvalue weighted by Gasteiger charge is -2.11. The largest absolute Gasteiger partial charge is 0.274 e. The lowest BCUT2D eigenvalue weighted by molar-refractivity contribution is -0.121. The van der Waals surface area contributed by atoms with Crippen LogP contribution in [0, 0.1) is 0 Å². The number of hydrogen-bond donors (Lipinski definition) is 0. The van der Waals surface area contributed by atoms with Crippen LogP contribution >= 0.6 is 15.9 Å². The average Bonchev–Trinajstić information content (AvgIpc) is 2.49. The van der Waals surface area contributed by atoms with Crippen LogP contribution in [0.25, 0.3) is 0 Å². The van der Waals surface area contributed by atoms with Crippen molar-refractivity contribution >= 4 is 33.6 Å². The third-order valence-electron chi connectivity index (χ3n) is 1.99. The van der Waals surface area contributed by atoms with Crippen LogP contribution < -0.4 is 4.90 Å². The smallest absolute Gasteiger partial charge is 0.235 e. The molecule has 0 atom stereocenters. The third-order valence-corrected chi connectivity index (χ3v) is 2.46. The van der Waals surface area contributed by atoms with E-state index in [2.05, 4.69) is 20.9 Å². The van der Waals surface area contributed by atoms with E-state index in [1.54, 1.807) is 18.3 Å². The third kappa shape index (κ3) is 1.55. The van der Waals surface area contributed by atoms with Crippen LogP contribution in [0.15, 0.2) is 22.8 Å². The van der Waals surface area contributed by atoms with Gasteiger partial charge in [-0.05, 0) is 28.1 Å². The molecule has 2 amide bonds. The summed E-state index contributed by atoms with van der Waals surface area (Å²) in [5.41, 5.74) is 0. The van der Waals surface area contributed by atoms with Crippen molar-refractivity contribution in [3.63, 3.8) is 0 Å². The Bertz CT molecular complexity index is 372. The summed E-state index contributed by atoms with van der Waals surface area (Å²) in [5.74, 6) is 0.0512. The molecule has 0 saturated carbocycles. The van der Waals surface area contributed by atoms with Gasteiger partial charge in [0.1, 0.15) is 5.82 Å². The normalized spacial score (nSPS) is 16.5. The molecule has 0 spiro atoms. The Hall–Kier alpha value is -1.23. The van der Waals surface area contributed by atoms with E-state index in [1.165, 1.54) is 0 Å². The molecule has 1 aromatic rings. The molecule has 1 aliphatic heterocycles. The van der Waals surface area contributed by atoms with Gasteiger partial charge < -0.3 is 0 Å². The van der Waals surface area contributed by atoms with Crippen LogP contribution in [0.5, 0.6) is 0 Å². The second-order valence-corrected chi connectivity index (χ2v) is 3.87. The van der Waals surface area contributed by atoms with Gasteiger partial charge in [-0.2, -0.15) is 0 Å². The van der Waals surface area contributed by atoms with Crippen LogP contribution in [0.4, 0.5) is 5.82 Å². The number of aromatic nitrogens is 1. The number of imide groups is 1. The standard InChI is InChI=1S/C9H7BrN2O2/c10-6-1-2-7(11-5-6)12-8(13)3-4-9(12)14/h1-2,5H,3-4H2. The predicted octanol–water partition coefficient (Wildman–Crippen LogP) is 1.50. The van der Waals surface area contributed by atoms with Crippen LogP contribution in [-0.2, 0) is 9.59 Å². The number of anilines is 1. The van der Waals surface area contributed by atoms with Crippen LogP contribution in [0.1, 0.15) is 12.8 Å². The first kappa shape index (κ1) is 9.33. The van der Waals surface area contributed by atoms with E-state index in [0.29, 0.717) is 5.82 Å². The molecule has 0 unspecified atom stereocenters. The summed E-state index contributed by atoms with van der Waals surface area (Å²) in [7, 11) is 0. The SMILES string of the molecule is O=C1CCC(=O)N1c1ccc(Br)cn1. The first-order valence-corrected chi connectivity index (χ1v) is 4.95. The van der Waals surface area contributed by atoms with E-state index >= 15 is 0 Å². The molecule has 0 aliphatic carbocycles. The van der Waals surface area contributed by atoms with Gasteiger partial charge in [0.05, 0.1) is 0 Å². The predicted molar refractivity (Wildman–Crippen MR) is 53.7 cm³/mol. The van der Waals surface area contributed by atoms with Gasteiger partial charge in [-0.1, -0.05) is 0 Å². The summed E-state index contributed by atoms with van der Waals surface area (Å²) in [6, 6.07) is 3.40. The molecule has 1 fully saturated rings. The highest BCUT2D eigenvalue weighted by atomic mass is 79.9. The minimum atomic E-state index is -0.176. The number of amides is 2. The second-order valence-electron chi connectivity index (χ2n) is 2.96. The molecule has 2 rings (SSSR count). The number of pyridine rings is 1. The molecule has 0 N–H and O–H groups in total. The van der Waals surface area contributed by atoms with Gasteiger partial charge in [0.2, 0.25) is 11.8 Å². The van der Waals surface area contributed by atoms with E-state index in [4.69, 9.17) is 0 Å². The van der Waals surface area contributed by atoms with E-state index in [1.807, 2.05) is 0 Å². The molecule has 0 aromatic carbocycles. The zero-order valence-corrected chi connectivity index (χ0v) is 8.82. The number of hydrogen-bond acceptors (Lipinski definition) is 3. The molecule has 72 valence electrons. The minimum Gasteiger partial charge on any atom is -0.274 e. The lowest BCUT2D eigenvalue weighted by atomic mass is 10.4. The van der Waals surface area contributed by atoms with Crippen LogP contribution in [0.3, 0.4) is 0 Å². The lowest BCUT2D eigenvalue weighted by Crippen LogP contribution is -2.29. The van der Waals surface area contributed by atoms with Crippen molar-refractivity contribution in [2.24, 2.45) is 0 Å². The molecule has 14 heavy (non-hydrogen) atoms. The fourth-order valence-electron chi connectivity index (χ4n) is 1.33.